The quantitative estimate of drug-likeness (QED) is 0.499. The first-order valence-corrected chi connectivity index (χ1v) is 9.86. The van der Waals surface area contributed by atoms with Crippen LogP contribution in [0.2, 0.25) is 0 Å². The molecule has 3 aromatic heterocycles. The minimum Gasteiger partial charge on any atom is -0.497 e. The number of thioether (sulfide) groups is 1. The number of imidazole rings is 1. The number of hydrogen-bond donors (Lipinski definition) is 1. The number of carbonyl (C=O) groups excluding carboxylic acids is 1. The Bertz CT molecular complexity index is 1070. The van der Waals surface area contributed by atoms with Crippen LogP contribution in [0.5, 0.6) is 5.75 Å². The molecule has 0 fully saturated rings. The Morgan fingerprint density at radius 1 is 1.22 bits per heavy atom. The second-order valence-corrected chi connectivity index (χ2v) is 7.51. The summed E-state index contributed by atoms with van der Waals surface area (Å²) in [7, 11) is 1.60. The van der Waals surface area contributed by atoms with Gasteiger partial charge in [-0.2, -0.15) is 0 Å². The molecule has 136 valence electrons. The largest absolute Gasteiger partial charge is 0.497 e. The van der Waals surface area contributed by atoms with Crippen molar-refractivity contribution in [3.8, 4) is 5.75 Å². The predicted octanol–water partition coefficient (Wildman–Crippen LogP) is 3.74. The molecule has 0 saturated heterocycles. The third kappa shape index (κ3) is 3.93. The van der Waals surface area contributed by atoms with Crippen molar-refractivity contribution < 1.29 is 9.53 Å². The molecule has 0 unspecified atom stereocenters. The Morgan fingerprint density at radius 3 is 2.89 bits per heavy atom. The summed E-state index contributed by atoms with van der Waals surface area (Å²) in [6.07, 6.45) is 3.80. The highest BCUT2D eigenvalue weighted by Gasteiger charge is 2.14. The summed E-state index contributed by atoms with van der Waals surface area (Å²) < 4.78 is 7.12. The van der Waals surface area contributed by atoms with E-state index in [1.165, 1.54) is 11.3 Å². The number of methoxy groups -OCH3 is 1. The lowest BCUT2D eigenvalue weighted by atomic mass is 10.3. The molecule has 9 heteroatoms. The maximum absolute atomic E-state index is 12.3. The van der Waals surface area contributed by atoms with Crippen molar-refractivity contribution in [2.45, 2.75) is 10.9 Å². The minimum absolute atomic E-state index is 0.278. The van der Waals surface area contributed by atoms with Gasteiger partial charge in [0.25, 0.3) is 5.91 Å². The van der Waals surface area contributed by atoms with Crippen LogP contribution in [0.15, 0.2) is 60.0 Å². The molecule has 0 spiro atoms. The van der Waals surface area contributed by atoms with Crippen LogP contribution in [0.25, 0.3) is 5.52 Å². The molecule has 1 aromatic carbocycles. The van der Waals surface area contributed by atoms with Crippen LogP contribution >= 0.6 is 23.1 Å². The lowest BCUT2D eigenvalue weighted by Crippen LogP contribution is -2.11. The summed E-state index contributed by atoms with van der Waals surface area (Å²) in [5, 5.41) is 12.9. The van der Waals surface area contributed by atoms with E-state index in [0.29, 0.717) is 16.4 Å². The summed E-state index contributed by atoms with van der Waals surface area (Å²) in [6, 6.07) is 13.1. The fourth-order valence-electron chi connectivity index (χ4n) is 2.41. The van der Waals surface area contributed by atoms with Gasteiger partial charge in [-0.1, -0.05) is 29.2 Å². The Kier molecular flexibility index (Phi) is 5.03. The summed E-state index contributed by atoms with van der Waals surface area (Å²) >= 11 is 2.84. The van der Waals surface area contributed by atoms with Crippen LogP contribution in [0.1, 0.15) is 14.8 Å². The standard InChI is InChI=1S/C18H15N5O2S2/c1-25-14-7-5-12(6-8-14)20-16(24)17-22-21-15(27-17)11-26-18-19-10-13-4-2-3-9-23(13)18/h2-10H,11H2,1H3,(H,20,24). The lowest BCUT2D eigenvalue weighted by molar-refractivity contribution is 0.102. The molecule has 0 aliphatic heterocycles. The zero-order chi connectivity index (χ0) is 18.6. The SMILES string of the molecule is COc1ccc(NC(=O)c2nnc(CSc3ncc4ccccn34)s2)cc1. The highest BCUT2D eigenvalue weighted by atomic mass is 32.2. The topological polar surface area (TPSA) is 81.4 Å². The van der Waals surface area contributed by atoms with Crippen molar-refractivity contribution >= 4 is 40.2 Å². The molecule has 0 atom stereocenters. The van der Waals surface area contributed by atoms with E-state index >= 15 is 0 Å². The van der Waals surface area contributed by atoms with Crippen molar-refractivity contribution in [2.75, 3.05) is 12.4 Å². The van der Waals surface area contributed by atoms with Gasteiger partial charge in [0.15, 0.2) is 5.16 Å². The monoisotopic (exact) mass is 397 g/mol. The maximum Gasteiger partial charge on any atom is 0.286 e. The smallest absolute Gasteiger partial charge is 0.286 e. The van der Waals surface area contributed by atoms with E-state index in [1.807, 2.05) is 35.0 Å². The summed E-state index contributed by atoms with van der Waals surface area (Å²) in [5.74, 6) is 1.05. The molecule has 0 aliphatic rings. The van der Waals surface area contributed by atoms with E-state index in [9.17, 15) is 4.79 Å². The van der Waals surface area contributed by atoms with Gasteiger partial charge < -0.3 is 10.1 Å². The average molecular weight is 397 g/mol. The van der Waals surface area contributed by atoms with E-state index < -0.39 is 0 Å². The molecule has 1 amide bonds. The Labute approximate surface area is 163 Å². The Balaban J connectivity index is 1.39. The number of nitrogens with one attached hydrogen (secondary N) is 1. The fourth-order valence-corrected chi connectivity index (χ4v) is 4.10. The molecule has 3 heterocycles. The highest BCUT2D eigenvalue weighted by molar-refractivity contribution is 7.98. The van der Waals surface area contributed by atoms with Crippen molar-refractivity contribution in [3.05, 3.63) is 64.9 Å². The van der Waals surface area contributed by atoms with E-state index in [0.717, 1.165) is 21.4 Å². The number of rotatable bonds is 6. The van der Waals surface area contributed by atoms with Gasteiger partial charge in [0.2, 0.25) is 5.01 Å². The molecule has 7 nitrogen and oxygen atoms in total. The molecule has 27 heavy (non-hydrogen) atoms. The van der Waals surface area contributed by atoms with E-state index in [1.54, 1.807) is 43.1 Å². The fraction of sp³-hybridized carbons (Fsp3) is 0.111. The van der Waals surface area contributed by atoms with Gasteiger partial charge in [-0.3, -0.25) is 9.20 Å². The number of fused-ring (bicyclic) bond motifs is 1. The van der Waals surface area contributed by atoms with Crippen LogP contribution < -0.4 is 10.1 Å². The third-order valence-electron chi connectivity index (χ3n) is 3.74. The highest BCUT2D eigenvalue weighted by Crippen LogP contribution is 2.25. The first kappa shape index (κ1) is 17.5. The number of aromatic nitrogens is 4. The van der Waals surface area contributed by atoms with Crippen molar-refractivity contribution in [1.82, 2.24) is 19.6 Å². The van der Waals surface area contributed by atoms with Gasteiger partial charge in [-0.15, -0.1) is 10.2 Å². The molecule has 0 aliphatic carbocycles. The number of benzene rings is 1. The van der Waals surface area contributed by atoms with Gasteiger partial charge in [-0.05, 0) is 36.4 Å². The van der Waals surface area contributed by atoms with Crippen LogP contribution in [0.4, 0.5) is 5.69 Å². The number of nitrogens with zero attached hydrogens (tertiary/aromatic N) is 4. The van der Waals surface area contributed by atoms with Gasteiger partial charge in [-0.25, -0.2) is 4.98 Å². The first-order chi connectivity index (χ1) is 13.2. The molecule has 4 aromatic rings. The normalized spacial score (nSPS) is 10.9. The molecule has 0 bridgehead atoms. The van der Waals surface area contributed by atoms with Crippen LogP contribution in [0, 0.1) is 0 Å². The molecule has 0 radical (unpaired) electrons. The van der Waals surface area contributed by atoms with Crippen molar-refractivity contribution in [1.29, 1.82) is 0 Å². The van der Waals surface area contributed by atoms with Crippen LogP contribution in [-0.2, 0) is 5.75 Å². The van der Waals surface area contributed by atoms with Crippen molar-refractivity contribution in [2.24, 2.45) is 0 Å². The third-order valence-corrected chi connectivity index (χ3v) is 5.82. The molecular formula is C18H15N5O2S2. The summed E-state index contributed by atoms with van der Waals surface area (Å²) in [5.41, 5.74) is 1.72. The van der Waals surface area contributed by atoms with Gasteiger partial charge in [0.05, 0.1) is 24.6 Å². The van der Waals surface area contributed by atoms with Gasteiger partial charge in [0, 0.05) is 11.9 Å². The van der Waals surface area contributed by atoms with Crippen LogP contribution in [0.3, 0.4) is 0 Å². The molecule has 4 rings (SSSR count). The number of ether oxygens (including phenoxy) is 1. The van der Waals surface area contributed by atoms with Crippen LogP contribution in [-0.4, -0.2) is 32.6 Å². The van der Waals surface area contributed by atoms with E-state index in [4.69, 9.17) is 4.74 Å². The summed E-state index contributed by atoms with van der Waals surface area (Å²) in [4.78, 5) is 16.7. The zero-order valence-electron chi connectivity index (χ0n) is 14.3. The number of anilines is 1. The second kappa shape index (κ2) is 7.77. The molecule has 1 N–H and O–H groups in total. The number of hydrogen-bond acceptors (Lipinski definition) is 7. The lowest BCUT2D eigenvalue weighted by Gasteiger charge is -2.03. The molecular weight excluding hydrogens is 382 g/mol. The van der Waals surface area contributed by atoms with Gasteiger partial charge in [0.1, 0.15) is 10.8 Å². The van der Waals surface area contributed by atoms with E-state index in [2.05, 4.69) is 20.5 Å². The number of pyridine rings is 1. The average Bonchev–Trinajstić information content (AvgIpc) is 3.34. The van der Waals surface area contributed by atoms with Gasteiger partial charge >= 0.3 is 0 Å². The number of amides is 1. The summed E-state index contributed by atoms with van der Waals surface area (Å²) in [6.45, 7) is 0. The minimum atomic E-state index is -0.278. The Hall–Kier alpha value is -2.91. The first-order valence-electron chi connectivity index (χ1n) is 8.05. The second-order valence-electron chi connectivity index (χ2n) is 5.51. The zero-order valence-corrected chi connectivity index (χ0v) is 16.0. The maximum atomic E-state index is 12.3. The van der Waals surface area contributed by atoms with Crippen molar-refractivity contribution in [3.63, 3.8) is 0 Å². The van der Waals surface area contributed by atoms with E-state index in [-0.39, 0.29) is 5.91 Å². The molecule has 0 saturated carbocycles. The Morgan fingerprint density at radius 2 is 2.07 bits per heavy atom. The number of carbonyl (C=O) groups is 1. The predicted molar refractivity (Wildman–Crippen MR) is 106 cm³/mol.